The first kappa shape index (κ1) is 22.7. The SMILES string of the molecule is COc1ccc(F)cc1C(C)(C)CC(O)(Cc1cc(=O)c2cnccc2[nH]1)C(F)(F)F. The second kappa shape index (κ2) is 7.96. The quantitative estimate of drug-likeness (QED) is 0.564. The van der Waals surface area contributed by atoms with Crippen LogP contribution in [-0.4, -0.2) is 34.0 Å². The molecule has 0 fully saturated rings. The summed E-state index contributed by atoms with van der Waals surface area (Å²) in [6.45, 7) is 2.94. The van der Waals surface area contributed by atoms with Crippen molar-refractivity contribution in [1.82, 2.24) is 9.97 Å². The van der Waals surface area contributed by atoms with E-state index in [-0.39, 0.29) is 22.4 Å². The summed E-state index contributed by atoms with van der Waals surface area (Å²) in [4.78, 5) is 18.9. The Hall–Kier alpha value is -2.94. The number of alkyl halides is 3. The van der Waals surface area contributed by atoms with Crippen LogP contribution < -0.4 is 10.2 Å². The van der Waals surface area contributed by atoms with Crippen molar-refractivity contribution in [2.75, 3.05) is 7.11 Å². The maximum Gasteiger partial charge on any atom is 0.417 e. The van der Waals surface area contributed by atoms with Crippen LogP contribution in [0.5, 0.6) is 5.75 Å². The number of fused-ring (bicyclic) bond motifs is 1. The third-order valence-electron chi connectivity index (χ3n) is 5.32. The molecule has 0 aliphatic heterocycles. The van der Waals surface area contributed by atoms with Gasteiger partial charge < -0.3 is 14.8 Å². The highest BCUT2D eigenvalue weighted by molar-refractivity contribution is 5.77. The molecule has 0 aliphatic carbocycles. The van der Waals surface area contributed by atoms with Crippen LogP contribution in [0, 0.1) is 5.82 Å². The first-order chi connectivity index (χ1) is 14.4. The van der Waals surface area contributed by atoms with Crippen molar-refractivity contribution in [1.29, 1.82) is 0 Å². The highest BCUT2D eigenvalue weighted by Gasteiger charge is 2.56. The van der Waals surface area contributed by atoms with E-state index >= 15 is 0 Å². The molecule has 1 unspecified atom stereocenters. The van der Waals surface area contributed by atoms with Crippen molar-refractivity contribution in [3.8, 4) is 5.75 Å². The number of hydrogen-bond donors (Lipinski definition) is 2. The summed E-state index contributed by atoms with van der Waals surface area (Å²) in [6, 6.07) is 6.06. The second-order valence-corrected chi connectivity index (χ2v) is 8.19. The molecule has 0 radical (unpaired) electrons. The van der Waals surface area contributed by atoms with E-state index in [1.165, 1.54) is 45.5 Å². The number of nitrogens with one attached hydrogen (secondary N) is 1. The molecule has 0 amide bonds. The Morgan fingerprint density at radius 2 is 1.87 bits per heavy atom. The Bertz CT molecular complexity index is 1160. The van der Waals surface area contributed by atoms with E-state index in [9.17, 15) is 27.5 Å². The molecule has 2 heterocycles. The average molecular weight is 438 g/mol. The lowest BCUT2D eigenvalue weighted by Gasteiger charge is -2.38. The van der Waals surface area contributed by atoms with Gasteiger partial charge in [0.15, 0.2) is 11.0 Å². The molecule has 9 heteroatoms. The minimum atomic E-state index is -5.02. The van der Waals surface area contributed by atoms with Gasteiger partial charge in [-0.15, -0.1) is 0 Å². The number of rotatable bonds is 6. The Morgan fingerprint density at radius 3 is 2.52 bits per heavy atom. The summed E-state index contributed by atoms with van der Waals surface area (Å²) in [5.41, 5.74) is -4.60. The van der Waals surface area contributed by atoms with Gasteiger partial charge in [-0.05, 0) is 36.1 Å². The molecule has 5 nitrogen and oxygen atoms in total. The van der Waals surface area contributed by atoms with Crippen LogP contribution in [0.4, 0.5) is 17.6 Å². The largest absolute Gasteiger partial charge is 0.496 e. The highest BCUT2D eigenvalue weighted by atomic mass is 19.4. The standard InChI is InChI=1S/C22H22F4N2O3/c1-20(2,16-8-13(23)4-5-19(16)31-3)12-21(30,22(24,25)26)10-14-9-18(29)15-11-27-7-6-17(15)28-14/h4-9,11,30H,10,12H2,1-3H3,(H,28,29). The molecule has 0 spiro atoms. The van der Waals surface area contributed by atoms with Crippen molar-refractivity contribution >= 4 is 10.9 Å². The predicted molar refractivity (Wildman–Crippen MR) is 108 cm³/mol. The number of pyridine rings is 2. The molecule has 1 aromatic carbocycles. The van der Waals surface area contributed by atoms with Gasteiger partial charge in [0.2, 0.25) is 0 Å². The van der Waals surface area contributed by atoms with Crippen LogP contribution >= 0.6 is 0 Å². The van der Waals surface area contributed by atoms with Gasteiger partial charge in [0, 0.05) is 36.1 Å². The number of halogens is 4. The van der Waals surface area contributed by atoms with Gasteiger partial charge in [0.1, 0.15) is 11.6 Å². The molecule has 0 saturated heterocycles. The molecule has 0 aliphatic rings. The minimum absolute atomic E-state index is 0.0782. The molecule has 3 aromatic rings. The molecular formula is C22H22F4N2O3. The van der Waals surface area contributed by atoms with Gasteiger partial charge >= 0.3 is 6.18 Å². The van der Waals surface area contributed by atoms with E-state index in [1.807, 2.05) is 0 Å². The first-order valence-electron chi connectivity index (χ1n) is 9.45. The number of aromatic nitrogens is 2. The normalized spacial score (nSPS) is 14.5. The summed E-state index contributed by atoms with van der Waals surface area (Å²) < 4.78 is 61.2. The van der Waals surface area contributed by atoms with Crippen LogP contribution in [0.3, 0.4) is 0 Å². The highest BCUT2D eigenvalue weighted by Crippen LogP contribution is 2.45. The second-order valence-electron chi connectivity index (χ2n) is 8.19. The zero-order valence-corrected chi connectivity index (χ0v) is 17.2. The van der Waals surface area contributed by atoms with Gasteiger partial charge in [0.05, 0.1) is 18.0 Å². The van der Waals surface area contributed by atoms with Gasteiger partial charge in [-0.3, -0.25) is 9.78 Å². The van der Waals surface area contributed by atoms with E-state index in [1.54, 1.807) is 0 Å². The number of H-pyrrole nitrogens is 1. The zero-order chi connectivity index (χ0) is 23.0. The van der Waals surface area contributed by atoms with Crippen molar-refractivity contribution in [2.24, 2.45) is 0 Å². The fourth-order valence-electron chi connectivity index (χ4n) is 3.85. The number of benzene rings is 1. The fraction of sp³-hybridized carbons (Fsp3) is 0.364. The molecule has 166 valence electrons. The molecule has 31 heavy (non-hydrogen) atoms. The molecule has 2 aromatic heterocycles. The van der Waals surface area contributed by atoms with Crippen molar-refractivity contribution in [2.45, 2.75) is 43.9 Å². The van der Waals surface area contributed by atoms with E-state index in [0.29, 0.717) is 5.52 Å². The van der Waals surface area contributed by atoms with Crippen LogP contribution in [0.15, 0.2) is 47.5 Å². The molecule has 2 N–H and O–H groups in total. The molecule has 0 bridgehead atoms. The van der Waals surface area contributed by atoms with Crippen LogP contribution in [0.2, 0.25) is 0 Å². The van der Waals surface area contributed by atoms with Crippen LogP contribution in [0.1, 0.15) is 31.5 Å². The van der Waals surface area contributed by atoms with Gasteiger partial charge in [-0.25, -0.2) is 4.39 Å². The van der Waals surface area contributed by atoms with Gasteiger partial charge in [-0.2, -0.15) is 13.2 Å². The van der Waals surface area contributed by atoms with E-state index in [0.717, 1.165) is 18.2 Å². The Kier molecular flexibility index (Phi) is 5.84. The topological polar surface area (TPSA) is 75.2 Å². The molecular weight excluding hydrogens is 416 g/mol. The summed E-state index contributed by atoms with van der Waals surface area (Å²) >= 11 is 0. The summed E-state index contributed by atoms with van der Waals surface area (Å²) in [5, 5.41) is 11.0. The number of aromatic amines is 1. The first-order valence-corrected chi connectivity index (χ1v) is 9.45. The van der Waals surface area contributed by atoms with Gasteiger partial charge in [-0.1, -0.05) is 13.8 Å². The molecule has 3 rings (SSSR count). The third-order valence-corrected chi connectivity index (χ3v) is 5.32. The number of methoxy groups -OCH3 is 1. The van der Waals surface area contributed by atoms with Crippen LogP contribution in [-0.2, 0) is 11.8 Å². The number of aliphatic hydroxyl groups is 1. The Labute approximate surface area is 175 Å². The summed E-state index contributed by atoms with van der Waals surface area (Å²) in [7, 11) is 1.33. The lowest BCUT2D eigenvalue weighted by molar-refractivity contribution is -0.266. The van der Waals surface area contributed by atoms with Crippen molar-refractivity contribution < 1.29 is 27.4 Å². The number of nitrogens with zero attached hydrogens (tertiary/aromatic N) is 1. The summed E-state index contributed by atoms with van der Waals surface area (Å²) in [6.07, 6.45) is -3.98. The minimum Gasteiger partial charge on any atom is -0.496 e. The lowest BCUT2D eigenvalue weighted by Crippen LogP contribution is -2.51. The predicted octanol–water partition coefficient (Wildman–Crippen LogP) is 4.27. The lowest BCUT2D eigenvalue weighted by atomic mass is 9.73. The number of ether oxygens (including phenoxy) is 1. The van der Waals surface area contributed by atoms with E-state index in [4.69, 9.17) is 4.74 Å². The Balaban J connectivity index is 2.04. The van der Waals surface area contributed by atoms with E-state index in [2.05, 4.69) is 9.97 Å². The summed E-state index contributed by atoms with van der Waals surface area (Å²) in [5.74, 6) is -0.422. The molecule has 1 atom stereocenters. The van der Waals surface area contributed by atoms with Crippen molar-refractivity contribution in [3.63, 3.8) is 0 Å². The average Bonchev–Trinajstić information content (AvgIpc) is 2.66. The van der Waals surface area contributed by atoms with E-state index < -0.39 is 41.3 Å². The third kappa shape index (κ3) is 4.56. The van der Waals surface area contributed by atoms with Gasteiger partial charge in [0.25, 0.3) is 0 Å². The maximum absolute atomic E-state index is 14.1. The fourth-order valence-corrected chi connectivity index (χ4v) is 3.85. The molecule has 0 saturated carbocycles. The van der Waals surface area contributed by atoms with Crippen LogP contribution in [0.25, 0.3) is 10.9 Å². The Morgan fingerprint density at radius 1 is 1.16 bits per heavy atom. The van der Waals surface area contributed by atoms with Crippen molar-refractivity contribution in [3.05, 3.63) is 70.0 Å². The monoisotopic (exact) mass is 438 g/mol. The smallest absolute Gasteiger partial charge is 0.417 e. The zero-order valence-electron chi connectivity index (χ0n) is 17.2. The maximum atomic E-state index is 14.1. The number of hydrogen-bond acceptors (Lipinski definition) is 4.